The van der Waals surface area contributed by atoms with Crippen molar-refractivity contribution in [1.29, 1.82) is 0 Å². The summed E-state index contributed by atoms with van der Waals surface area (Å²) in [6, 6.07) is 13.4. The number of ketones is 1. The normalized spacial score (nSPS) is 17.3. The summed E-state index contributed by atoms with van der Waals surface area (Å²) in [6.07, 6.45) is 7.35. The van der Waals surface area contributed by atoms with Crippen LogP contribution in [0.15, 0.2) is 54.9 Å². The lowest BCUT2D eigenvalue weighted by atomic mass is 9.98. The highest BCUT2D eigenvalue weighted by Crippen LogP contribution is 2.41. The van der Waals surface area contributed by atoms with Crippen molar-refractivity contribution in [3.8, 4) is 22.6 Å². The molecular weight excluding hydrogens is 514 g/mol. The minimum atomic E-state index is -0.104. The fraction of sp³-hybridized carbons (Fsp3) is 0.300. The van der Waals surface area contributed by atoms with Crippen molar-refractivity contribution in [2.24, 2.45) is 11.7 Å². The van der Waals surface area contributed by atoms with Crippen molar-refractivity contribution >= 4 is 45.5 Å². The molecule has 8 nitrogen and oxygen atoms in total. The highest BCUT2D eigenvalue weighted by molar-refractivity contribution is 6.32. The van der Waals surface area contributed by atoms with Crippen LogP contribution in [-0.4, -0.2) is 47.1 Å². The van der Waals surface area contributed by atoms with E-state index in [4.69, 9.17) is 27.1 Å². The molecule has 1 unspecified atom stereocenters. The Labute approximate surface area is 231 Å². The van der Waals surface area contributed by atoms with E-state index in [9.17, 15) is 9.90 Å². The van der Waals surface area contributed by atoms with Gasteiger partial charge in [-0.15, -0.1) is 0 Å². The van der Waals surface area contributed by atoms with E-state index in [1.807, 2.05) is 30.3 Å². The summed E-state index contributed by atoms with van der Waals surface area (Å²) in [5, 5.41) is 14.7. The number of halogens is 1. The SMILES string of the molecule is COc1cc(-c2ccc3ncc(C(=O)C4CC4)c(Nc4ccc(N5CCCC(N)C5)nc4)c3c2)cc(Cl)c1O. The molecule has 2 aromatic heterocycles. The molecule has 1 aliphatic carbocycles. The van der Waals surface area contributed by atoms with Crippen molar-refractivity contribution in [3.05, 3.63) is 65.4 Å². The van der Waals surface area contributed by atoms with Crippen LogP contribution in [0.25, 0.3) is 22.0 Å². The Morgan fingerprint density at radius 2 is 1.95 bits per heavy atom. The molecule has 1 saturated heterocycles. The summed E-state index contributed by atoms with van der Waals surface area (Å²) in [4.78, 5) is 24.8. The molecule has 6 rings (SSSR count). The molecule has 2 aromatic carbocycles. The van der Waals surface area contributed by atoms with Crippen LogP contribution >= 0.6 is 11.6 Å². The second-order valence-electron chi connectivity index (χ2n) is 10.3. The zero-order chi connectivity index (χ0) is 27.1. The topological polar surface area (TPSA) is 114 Å². The Morgan fingerprint density at radius 3 is 2.67 bits per heavy atom. The van der Waals surface area contributed by atoms with Gasteiger partial charge >= 0.3 is 0 Å². The Balaban J connectivity index is 1.41. The molecule has 0 radical (unpaired) electrons. The molecule has 0 spiro atoms. The van der Waals surface area contributed by atoms with Crippen molar-refractivity contribution in [1.82, 2.24) is 9.97 Å². The number of methoxy groups -OCH3 is 1. The first-order valence-electron chi connectivity index (χ1n) is 13.2. The average Bonchev–Trinajstić information content (AvgIpc) is 3.80. The van der Waals surface area contributed by atoms with Gasteiger partial charge in [-0.3, -0.25) is 9.78 Å². The zero-order valence-corrected chi connectivity index (χ0v) is 22.4. The number of ether oxygens (including phenoxy) is 1. The van der Waals surface area contributed by atoms with Gasteiger partial charge in [0.05, 0.1) is 40.8 Å². The van der Waals surface area contributed by atoms with Crippen molar-refractivity contribution in [2.75, 3.05) is 30.4 Å². The fourth-order valence-corrected chi connectivity index (χ4v) is 5.38. The van der Waals surface area contributed by atoms with E-state index in [0.29, 0.717) is 11.3 Å². The van der Waals surface area contributed by atoms with Gasteiger partial charge in [0.1, 0.15) is 5.82 Å². The zero-order valence-electron chi connectivity index (χ0n) is 21.7. The number of benzene rings is 2. The molecule has 4 N–H and O–H groups in total. The summed E-state index contributed by atoms with van der Waals surface area (Å²) in [5.74, 6) is 1.21. The summed E-state index contributed by atoms with van der Waals surface area (Å²) in [6.45, 7) is 1.74. The number of phenols is 1. The van der Waals surface area contributed by atoms with Gasteiger partial charge in [-0.1, -0.05) is 17.7 Å². The van der Waals surface area contributed by atoms with Crippen LogP contribution in [0.5, 0.6) is 11.5 Å². The predicted molar refractivity (Wildman–Crippen MR) is 154 cm³/mol. The van der Waals surface area contributed by atoms with Crippen LogP contribution in [0, 0.1) is 5.92 Å². The minimum Gasteiger partial charge on any atom is -0.503 e. The quantitative estimate of drug-likeness (QED) is 0.246. The summed E-state index contributed by atoms with van der Waals surface area (Å²) >= 11 is 6.27. The first-order chi connectivity index (χ1) is 18.9. The van der Waals surface area contributed by atoms with E-state index in [1.54, 1.807) is 24.5 Å². The Kier molecular flexibility index (Phi) is 6.74. The molecule has 4 aromatic rings. The number of nitrogens with two attached hydrogens (primary N) is 1. The third kappa shape index (κ3) is 5.10. The average molecular weight is 544 g/mol. The number of Topliss-reactive ketones (excluding diaryl/α,β-unsaturated/α-hetero) is 1. The number of hydrogen-bond acceptors (Lipinski definition) is 8. The van der Waals surface area contributed by atoms with Crippen LogP contribution in [0.3, 0.4) is 0 Å². The maximum absolute atomic E-state index is 13.3. The molecule has 200 valence electrons. The fourth-order valence-electron chi connectivity index (χ4n) is 5.16. The van der Waals surface area contributed by atoms with E-state index < -0.39 is 0 Å². The molecule has 0 amide bonds. The van der Waals surface area contributed by atoms with Gasteiger partial charge in [0.2, 0.25) is 0 Å². The highest BCUT2D eigenvalue weighted by Gasteiger charge is 2.32. The number of hydrogen-bond donors (Lipinski definition) is 3. The van der Waals surface area contributed by atoms with E-state index in [-0.39, 0.29) is 34.3 Å². The maximum atomic E-state index is 13.3. The van der Waals surface area contributed by atoms with Gasteiger partial charge in [-0.2, -0.15) is 0 Å². The van der Waals surface area contributed by atoms with Crippen LogP contribution < -0.4 is 20.7 Å². The number of nitrogens with one attached hydrogen (secondary N) is 1. The van der Waals surface area contributed by atoms with Crippen LogP contribution in [-0.2, 0) is 0 Å². The molecule has 1 saturated carbocycles. The molecule has 9 heteroatoms. The number of aromatic nitrogens is 2. The predicted octanol–water partition coefficient (Wildman–Crippen LogP) is 5.93. The molecule has 39 heavy (non-hydrogen) atoms. The maximum Gasteiger partial charge on any atom is 0.176 e. The van der Waals surface area contributed by atoms with Crippen molar-refractivity contribution in [3.63, 3.8) is 0 Å². The third-order valence-electron chi connectivity index (χ3n) is 7.46. The molecule has 2 fully saturated rings. The number of fused-ring (bicyclic) bond motifs is 1. The number of pyridine rings is 2. The van der Waals surface area contributed by atoms with Gasteiger partial charge in [-0.25, -0.2) is 4.98 Å². The first-order valence-corrected chi connectivity index (χ1v) is 13.6. The van der Waals surface area contributed by atoms with Crippen LogP contribution in [0.4, 0.5) is 17.2 Å². The van der Waals surface area contributed by atoms with E-state index in [0.717, 1.165) is 72.3 Å². The molecule has 2 aliphatic rings. The van der Waals surface area contributed by atoms with Gasteiger partial charge in [0, 0.05) is 36.6 Å². The summed E-state index contributed by atoms with van der Waals surface area (Å²) in [7, 11) is 1.48. The largest absolute Gasteiger partial charge is 0.503 e. The Morgan fingerprint density at radius 1 is 1.10 bits per heavy atom. The monoisotopic (exact) mass is 543 g/mol. The van der Waals surface area contributed by atoms with Crippen molar-refractivity contribution < 1.29 is 14.6 Å². The number of piperidine rings is 1. The van der Waals surface area contributed by atoms with Crippen molar-refractivity contribution in [2.45, 2.75) is 31.7 Å². The number of anilines is 3. The third-order valence-corrected chi connectivity index (χ3v) is 7.75. The second kappa shape index (κ2) is 10.4. The van der Waals surface area contributed by atoms with E-state index >= 15 is 0 Å². The number of rotatable bonds is 7. The Hall–Kier alpha value is -3.88. The molecule has 1 aliphatic heterocycles. The van der Waals surface area contributed by atoms with E-state index in [1.165, 1.54) is 7.11 Å². The number of aromatic hydroxyl groups is 1. The standard InChI is InChI=1S/C30H30ClN5O3/c1-39-26-13-19(12-24(31)30(26)38)18-6-8-25-22(11-18)28(23(15-33-25)29(37)17-4-5-17)35-21-7-9-27(34-14-21)36-10-2-3-20(32)16-36/h6-9,11-15,17,20,38H,2-5,10,16,32H2,1H3,(H,33,35). The summed E-state index contributed by atoms with van der Waals surface area (Å²) in [5.41, 5.74) is 10.6. The van der Waals surface area contributed by atoms with Gasteiger partial charge in [0.25, 0.3) is 0 Å². The molecular formula is C30H30ClN5O3. The van der Waals surface area contributed by atoms with Gasteiger partial charge < -0.3 is 25.8 Å². The van der Waals surface area contributed by atoms with E-state index in [2.05, 4.69) is 15.2 Å². The Bertz CT molecular complexity index is 1560. The number of carbonyl (C=O) groups excluding carboxylic acids is 1. The number of carbonyl (C=O) groups is 1. The van der Waals surface area contributed by atoms with Gasteiger partial charge in [-0.05, 0) is 73.2 Å². The molecule has 1 atom stereocenters. The lowest BCUT2D eigenvalue weighted by Crippen LogP contribution is -2.43. The first kappa shape index (κ1) is 25.4. The highest BCUT2D eigenvalue weighted by atomic mass is 35.5. The smallest absolute Gasteiger partial charge is 0.176 e. The molecule has 3 heterocycles. The summed E-state index contributed by atoms with van der Waals surface area (Å²) < 4.78 is 5.30. The number of nitrogens with zero attached hydrogens (tertiary/aromatic N) is 3. The van der Waals surface area contributed by atoms with Crippen LogP contribution in [0.1, 0.15) is 36.0 Å². The number of phenolic OH excluding ortho intramolecular Hbond substituents is 1. The lowest BCUT2D eigenvalue weighted by molar-refractivity contribution is 0.0968. The lowest BCUT2D eigenvalue weighted by Gasteiger charge is -2.31. The molecule has 0 bridgehead atoms. The second-order valence-corrected chi connectivity index (χ2v) is 10.7. The van der Waals surface area contributed by atoms with Gasteiger partial charge in [0.15, 0.2) is 17.3 Å². The minimum absolute atomic E-state index is 0.0389. The van der Waals surface area contributed by atoms with Crippen LogP contribution in [0.2, 0.25) is 5.02 Å².